The van der Waals surface area contributed by atoms with E-state index in [1.54, 1.807) is 6.08 Å². The molecule has 0 bridgehead atoms. The lowest BCUT2D eigenvalue weighted by Crippen LogP contribution is -2.01. The van der Waals surface area contributed by atoms with E-state index in [0.29, 0.717) is 0 Å². The van der Waals surface area contributed by atoms with Crippen LogP contribution in [0.1, 0.15) is 30.8 Å². The number of carboxylic acid groups (broad SMARTS) is 1. The van der Waals surface area contributed by atoms with E-state index >= 15 is 0 Å². The summed E-state index contributed by atoms with van der Waals surface area (Å²) in [7, 11) is 0. The van der Waals surface area contributed by atoms with Crippen LogP contribution in [0.4, 0.5) is 0 Å². The SMILES string of the molecule is CCc1cc(CC)n(-c2ccc(/C=C/C(=O)O)c(Br)c2)n1. The van der Waals surface area contributed by atoms with Crippen molar-refractivity contribution >= 4 is 28.0 Å². The van der Waals surface area contributed by atoms with E-state index in [2.05, 4.69) is 40.9 Å². The van der Waals surface area contributed by atoms with Gasteiger partial charge in [-0.2, -0.15) is 5.10 Å². The Labute approximate surface area is 132 Å². The van der Waals surface area contributed by atoms with E-state index in [0.717, 1.165) is 46.0 Å². The van der Waals surface area contributed by atoms with E-state index in [1.807, 2.05) is 22.9 Å². The predicted octanol–water partition coefficient (Wildman–Crippen LogP) is 3.86. The average molecular weight is 349 g/mol. The summed E-state index contributed by atoms with van der Waals surface area (Å²) in [5.41, 5.74) is 4.01. The molecule has 110 valence electrons. The average Bonchev–Trinajstić information content (AvgIpc) is 2.89. The third kappa shape index (κ3) is 3.61. The highest BCUT2D eigenvalue weighted by atomic mass is 79.9. The van der Waals surface area contributed by atoms with Crippen LogP contribution in [-0.2, 0) is 17.6 Å². The fourth-order valence-electron chi connectivity index (χ4n) is 2.07. The van der Waals surface area contributed by atoms with Crippen LogP contribution in [0.3, 0.4) is 0 Å². The van der Waals surface area contributed by atoms with E-state index < -0.39 is 5.97 Å². The molecule has 2 aromatic rings. The van der Waals surface area contributed by atoms with Gasteiger partial charge in [-0.3, -0.25) is 0 Å². The normalized spacial score (nSPS) is 11.2. The third-order valence-corrected chi connectivity index (χ3v) is 3.88. The van der Waals surface area contributed by atoms with Gasteiger partial charge in [-0.25, -0.2) is 9.48 Å². The number of nitrogens with zero attached hydrogens (tertiary/aromatic N) is 2. The zero-order valence-corrected chi connectivity index (χ0v) is 13.6. The molecule has 0 fully saturated rings. The molecular formula is C16H17BrN2O2. The molecule has 0 atom stereocenters. The topological polar surface area (TPSA) is 55.1 Å². The summed E-state index contributed by atoms with van der Waals surface area (Å²) < 4.78 is 2.78. The number of hydrogen-bond acceptors (Lipinski definition) is 2. The zero-order valence-electron chi connectivity index (χ0n) is 12.0. The number of carboxylic acids is 1. The smallest absolute Gasteiger partial charge is 0.328 e. The van der Waals surface area contributed by atoms with Gasteiger partial charge in [-0.05, 0) is 42.7 Å². The van der Waals surface area contributed by atoms with Gasteiger partial charge in [0.2, 0.25) is 0 Å². The third-order valence-electron chi connectivity index (χ3n) is 3.19. The van der Waals surface area contributed by atoms with Crippen LogP contribution in [0, 0.1) is 0 Å². The predicted molar refractivity (Wildman–Crippen MR) is 86.7 cm³/mol. The second kappa shape index (κ2) is 6.72. The number of aliphatic carboxylic acids is 1. The summed E-state index contributed by atoms with van der Waals surface area (Å²) in [6.45, 7) is 4.19. The molecule has 0 spiro atoms. The minimum Gasteiger partial charge on any atom is -0.478 e. The Morgan fingerprint density at radius 1 is 1.33 bits per heavy atom. The van der Waals surface area contributed by atoms with Crippen molar-refractivity contribution in [1.82, 2.24) is 9.78 Å². The van der Waals surface area contributed by atoms with Gasteiger partial charge in [0.15, 0.2) is 0 Å². The molecule has 0 aliphatic carbocycles. The quantitative estimate of drug-likeness (QED) is 0.834. The molecule has 0 unspecified atom stereocenters. The van der Waals surface area contributed by atoms with E-state index in [9.17, 15) is 4.79 Å². The van der Waals surface area contributed by atoms with Gasteiger partial charge in [0.25, 0.3) is 0 Å². The van der Waals surface area contributed by atoms with Crippen LogP contribution in [0.15, 0.2) is 34.8 Å². The molecule has 5 heteroatoms. The van der Waals surface area contributed by atoms with Crippen molar-refractivity contribution in [1.29, 1.82) is 0 Å². The maximum absolute atomic E-state index is 10.6. The van der Waals surface area contributed by atoms with Crippen molar-refractivity contribution in [3.63, 3.8) is 0 Å². The number of carbonyl (C=O) groups is 1. The summed E-state index contributed by atoms with van der Waals surface area (Å²) >= 11 is 3.48. The Balaban J connectivity index is 2.40. The van der Waals surface area contributed by atoms with Crippen molar-refractivity contribution in [2.45, 2.75) is 26.7 Å². The number of benzene rings is 1. The number of aromatic nitrogens is 2. The molecule has 0 amide bonds. The summed E-state index contributed by atoms with van der Waals surface area (Å²) in [6.07, 6.45) is 4.50. The summed E-state index contributed by atoms with van der Waals surface area (Å²) in [4.78, 5) is 10.6. The second-order valence-corrected chi connectivity index (χ2v) is 5.48. The number of hydrogen-bond donors (Lipinski definition) is 1. The van der Waals surface area contributed by atoms with Gasteiger partial charge in [-0.15, -0.1) is 0 Å². The lowest BCUT2D eigenvalue weighted by Gasteiger charge is -2.08. The molecule has 1 aromatic carbocycles. The number of halogens is 1. The van der Waals surface area contributed by atoms with Crippen LogP contribution in [-0.4, -0.2) is 20.9 Å². The van der Waals surface area contributed by atoms with Crippen molar-refractivity contribution in [2.24, 2.45) is 0 Å². The maximum Gasteiger partial charge on any atom is 0.328 e. The monoisotopic (exact) mass is 348 g/mol. The highest BCUT2D eigenvalue weighted by Gasteiger charge is 2.08. The van der Waals surface area contributed by atoms with Gasteiger partial charge >= 0.3 is 5.97 Å². The molecular weight excluding hydrogens is 332 g/mol. The molecule has 1 aromatic heterocycles. The van der Waals surface area contributed by atoms with Gasteiger partial charge < -0.3 is 5.11 Å². The highest BCUT2D eigenvalue weighted by Crippen LogP contribution is 2.23. The molecule has 2 rings (SSSR count). The van der Waals surface area contributed by atoms with Crippen molar-refractivity contribution in [3.8, 4) is 5.69 Å². The minimum absolute atomic E-state index is 0.821. The van der Waals surface area contributed by atoms with Crippen molar-refractivity contribution in [2.75, 3.05) is 0 Å². The van der Waals surface area contributed by atoms with E-state index in [1.165, 1.54) is 0 Å². The second-order valence-electron chi connectivity index (χ2n) is 4.62. The summed E-state index contributed by atoms with van der Waals surface area (Å²) in [5, 5.41) is 13.3. The molecule has 0 aliphatic heterocycles. The Morgan fingerprint density at radius 2 is 2.10 bits per heavy atom. The summed E-state index contributed by atoms with van der Waals surface area (Å²) in [5.74, 6) is -0.959. The Bertz CT molecular complexity index is 690. The fraction of sp³-hybridized carbons (Fsp3) is 0.250. The highest BCUT2D eigenvalue weighted by molar-refractivity contribution is 9.10. The zero-order chi connectivity index (χ0) is 15.4. The van der Waals surface area contributed by atoms with Crippen LogP contribution < -0.4 is 0 Å². The van der Waals surface area contributed by atoms with Crippen LogP contribution in [0.25, 0.3) is 11.8 Å². The lowest BCUT2D eigenvalue weighted by molar-refractivity contribution is -0.131. The molecule has 0 aliphatic rings. The largest absolute Gasteiger partial charge is 0.478 e. The van der Waals surface area contributed by atoms with Crippen LogP contribution in [0.5, 0.6) is 0 Å². The first-order valence-electron chi connectivity index (χ1n) is 6.83. The Hall–Kier alpha value is -1.88. The van der Waals surface area contributed by atoms with Gasteiger partial charge in [-0.1, -0.05) is 35.8 Å². The van der Waals surface area contributed by atoms with Gasteiger partial charge in [0.1, 0.15) is 0 Å². The van der Waals surface area contributed by atoms with Crippen molar-refractivity contribution < 1.29 is 9.90 Å². The van der Waals surface area contributed by atoms with E-state index in [4.69, 9.17) is 5.11 Å². The standard InChI is InChI=1S/C16H17BrN2O2/c1-3-12-9-13(4-2)19(18-12)14-7-5-11(15(17)10-14)6-8-16(20)21/h5-10H,3-4H2,1-2H3,(H,20,21)/b8-6+. The minimum atomic E-state index is -0.959. The Morgan fingerprint density at radius 3 is 2.67 bits per heavy atom. The van der Waals surface area contributed by atoms with Crippen LogP contribution >= 0.6 is 15.9 Å². The first kappa shape index (κ1) is 15.5. The first-order valence-corrected chi connectivity index (χ1v) is 7.63. The molecule has 0 saturated heterocycles. The van der Waals surface area contributed by atoms with Gasteiger partial charge in [0.05, 0.1) is 11.4 Å². The molecule has 1 N–H and O–H groups in total. The molecule has 1 heterocycles. The van der Waals surface area contributed by atoms with E-state index in [-0.39, 0.29) is 0 Å². The van der Waals surface area contributed by atoms with Crippen LogP contribution in [0.2, 0.25) is 0 Å². The molecule has 0 radical (unpaired) electrons. The molecule has 4 nitrogen and oxygen atoms in total. The summed E-state index contributed by atoms with van der Waals surface area (Å²) in [6, 6.07) is 7.89. The molecule has 0 saturated carbocycles. The van der Waals surface area contributed by atoms with Crippen molar-refractivity contribution in [3.05, 3.63) is 51.8 Å². The van der Waals surface area contributed by atoms with Gasteiger partial charge in [0, 0.05) is 16.2 Å². The fourth-order valence-corrected chi connectivity index (χ4v) is 2.57. The maximum atomic E-state index is 10.6. The number of aryl methyl sites for hydroxylation is 2. The molecule has 21 heavy (non-hydrogen) atoms. The Kier molecular flexibility index (Phi) is 4.96. The number of rotatable bonds is 5. The first-order chi connectivity index (χ1) is 10.0. The lowest BCUT2D eigenvalue weighted by atomic mass is 10.2.